The number of H-pyrrole nitrogens is 1. The Hall–Kier alpha value is -3.95. The lowest BCUT2D eigenvalue weighted by atomic mass is 10.2. The minimum atomic E-state index is -4.11. The topological polar surface area (TPSA) is 98.4 Å². The average Bonchev–Trinajstić information content (AvgIpc) is 3.46. The summed E-state index contributed by atoms with van der Waals surface area (Å²) in [6.45, 7) is 1.84. The van der Waals surface area contributed by atoms with Gasteiger partial charge < -0.3 is 14.5 Å². The molecule has 9 heteroatoms. The van der Waals surface area contributed by atoms with Gasteiger partial charge in [-0.15, -0.1) is 3.89 Å². The summed E-state index contributed by atoms with van der Waals surface area (Å²) >= 11 is 0. The van der Waals surface area contributed by atoms with Crippen molar-refractivity contribution < 1.29 is 22.7 Å². The Morgan fingerprint density at radius 1 is 1.06 bits per heavy atom. The van der Waals surface area contributed by atoms with Gasteiger partial charge in [0, 0.05) is 29.3 Å². The smallest absolute Gasteiger partial charge is 0.336 e. The van der Waals surface area contributed by atoms with E-state index in [-0.39, 0.29) is 17.9 Å². The number of sulfonamides is 1. The number of nitrogens with one attached hydrogen (secondary N) is 1. The molecule has 0 spiro atoms. The maximum atomic E-state index is 14.6. The molecule has 0 aliphatic carbocycles. The third-order valence-corrected chi connectivity index (χ3v) is 8.83. The molecule has 0 saturated heterocycles. The number of aromatic amines is 1. The van der Waals surface area contributed by atoms with Gasteiger partial charge in [0.05, 0.1) is 20.6 Å². The second kappa shape index (κ2) is 8.92. The van der Waals surface area contributed by atoms with Gasteiger partial charge in [0.25, 0.3) is 0 Å². The third-order valence-electron chi connectivity index (χ3n) is 6.56. The van der Waals surface area contributed by atoms with Crippen LogP contribution >= 0.6 is 0 Å². The van der Waals surface area contributed by atoms with E-state index in [1.165, 1.54) is 7.11 Å². The van der Waals surface area contributed by atoms with Crippen molar-refractivity contribution >= 4 is 44.5 Å². The Bertz CT molecular complexity index is 1570. The van der Waals surface area contributed by atoms with Crippen LogP contribution in [0.25, 0.3) is 22.8 Å². The van der Waals surface area contributed by atoms with Crippen LogP contribution in [0.2, 0.25) is 0 Å². The molecule has 2 aromatic heterocycles. The van der Waals surface area contributed by atoms with Crippen molar-refractivity contribution in [1.82, 2.24) is 13.9 Å². The SMILES string of the molecule is COC(=O)CC[N+]1(S(=O)(=O)c2ccc(C)cc2)C(c2cc3cccnc3[nH]2)=Cc2cc(OC)ccc21. The highest BCUT2D eigenvalue weighted by Crippen LogP contribution is 2.50. The molecule has 3 heterocycles. The summed E-state index contributed by atoms with van der Waals surface area (Å²) in [7, 11) is -1.25. The second-order valence-corrected chi connectivity index (χ2v) is 10.7. The molecule has 5 rings (SSSR count). The van der Waals surface area contributed by atoms with E-state index in [4.69, 9.17) is 9.47 Å². The van der Waals surface area contributed by atoms with Crippen LogP contribution in [-0.4, -0.2) is 45.1 Å². The number of aromatic nitrogens is 2. The number of aryl methyl sites for hydroxylation is 1. The van der Waals surface area contributed by atoms with Gasteiger partial charge >= 0.3 is 16.0 Å². The number of esters is 1. The molecule has 0 saturated carbocycles. The first-order valence-electron chi connectivity index (χ1n) is 11.4. The summed E-state index contributed by atoms with van der Waals surface area (Å²) in [4.78, 5) is 20.2. The van der Waals surface area contributed by atoms with Crippen molar-refractivity contribution in [2.45, 2.75) is 18.2 Å². The number of quaternary nitrogens is 1. The number of pyridine rings is 1. The zero-order chi connectivity index (χ0) is 25.5. The molecule has 2 aromatic carbocycles. The van der Waals surface area contributed by atoms with Crippen LogP contribution in [0.1, 0.15) is 23.2 Å². The quantitative estimate of drug-likeness (QED) is 0.291. The van der Waals surface area contributed by atoms with Gasteiger partial charge in [-0.2, -0.15) is 8.42 Å². The Morgan fingerprint density at radius 2 is 1.83 bits per heavy atom. The van der Waals surface area contributed by atoms with E-state index in [2.05, 4.69) is 9.97 Å². The molecule has 0 fully saturated rings. The van der Waals surface area contributed by atoms with Gasteiger partial charge in [-0.05, 0) is 49.4 Å². The number of ether oxygens (including phenoxy) is 2. The van der Waals surface area contributed by atoms with Crippen LogP contribution in [0, 0.1) is 6.92 Å². The largest absolute Gasteiger partial charge is 0.497 e. The molecule has 1 aliphatic rings. The number of hydrogen-bond donors (Lipinski definition) is 1. The fraction of sp³-hybridized carbons (Fsp3) is 0.185. The van der Waals surface area contributed by atoms with Crippen LogP contribution in [0.5, 0.6) is 5.75 Å². The lowest BCUT2D eigenvalue weighted by molar-refractivity contribution is -0.140. The van der Waals surface area contributed by atoms with Crippen molar-refractivity contribution in [2.75, 3.05) is 20.8 Å². The van der Waals surface area contributed by atoms with E-state index in [0.717, 1.165) is 10.9 Å². The van der Waals surface area contributed by atoms with Crippen molar-refractivity contribution in [1.29, 1.82) is 0 Å². The fourth-order valence-electron chi connectivity index (χ4n) is 4.71. The van der Waals surface area contributed by atoms with Gasteiger partial charge in [-0.1, -0.05) is 17.7 Å². The fourth-order valence-corrected chi connectivity index (χ4v) is 6.72. The number of benzene rings is 2. The predicted octanol–water partition coefficient (Wildman–Crippen LogP) is 4.65. The van der Waals surface area contributed by atoms with Gasteiger partial charge in [0.1, 0.15) is 28.5 Å². The molecular formula is C27H26N3O5S+. The number of carbonyl (C=O) groups is 1. The van der Waals surface area contributed by atoms with E-state index in [1.54, 1.807) is 55.8 Å². The van der Waals surface area contributed by atoms with Gasteiger partial charge in [-0.25, -0.2) is 4.98 Å². The van der Waals surface area contributed by atoms with Gasteiger partial charge in [0.2, 0.25) is 0 Å². The molecular weight excluding hydrogens is 478 g/mol. The standard InChI is InChI=1S/C27H26N3O5S/c1-18-6-9-22(10-7-18)36(32,33)30(14-12-26(31)35-3)24-11-8-21(34-2)15-20(24)17-25(30)23-16-19-5-4-13-28-27(19)29-23/h4-11,13,15-17H,12,14H2,1-3H3,(H,28,29)/q+1. The van der Waals surface area contributed by atoms with Crippen molar-refractivity contribution in [3.05, 3.63) is 83.7 Å². The summed E-state index contributed by atoms with van der Waals surface area (Å²) in [5, 5.41) is 0.848. The number of methoxy groups -OCH3 is 2. The first-order valence-corrected chi connectivity index (χ1v) is 12.9. The van der Waals surface area contributed by atoms with Crippen molar-refractivity contribution in [3.8, 4) is 5.75 Å². The second-order valence-electron chi connectivity index (χ2n) is 8.66. The summed E-state index contributed by atoms with van der Waals surface area (Å²) in [5.74, 6) is 0.106. The summed E-state index contributed by atoms with van der Waals surface area (Å²) < 4.78 is 38.9. The van der Waals surface area contributed by atoms with Crippen LogP contribution in [0.15, 0.2) is 71.8 Å². The summed E-state index contributed by atoms with van der Waals surface area (Å²) in [5.41, 5.74) is 3.89. The average molecular weight is 505 g/mol. The first kappa shape index (κ1) is 23.8. The number of carbonyl (C=O) groups excluding carboxylic acids is 1. The van der Waals surface area contributed by atoms with E-state index in [9.17, 15) is 13.2 Å². The molecule has 0 bridgehead atoms. The number of hydrogen-bond acceptors (Lipinski definition) is 6. The zero-order valence-electron chi connectivity index (χ0n) is 20.2. The molecule has 1 unspecified atom stereocenters. The molecule has 36 heavy (non-hydrogen) atoms. The molecule has 4 aromatic rings. The predicted molar refractivity (Wildman–Crippen MR) is 139 cm³/mol. The van der Waals surface area contributed by atoms with Crippen molar-refractivity contribution in [3.63, 3.8) is 0 Å². The molecule has 8 nitrogen and oxygen atoms in total. The normalized spacial score (nSPS) is 17.0. The lowest BCUT2D eigenvalue weighted by Crippen LogP contribution is -2.52. The van der Waals surface area contributed by atoms with Crippen LogP contribution in [0.4, 0.5) is 5.69 Å². The molecule has 184 valence electrons. The molecule has 1 atom stereocenters. The van der Waals surface area contributed by atoms with E-state index >= 15 is 0 Å². The Balaban J connectivity index is 1.81. The van der Waals surface area contributed by atoms with E-state index in [1.807, 2.05) is 31.2 Å². The molecule has 1 aliphatic heterocycles. The van der Waals surface area contributed by atoms with Crippen molar-refractivity contribution in [2.24, 2.45) is 0 Å². The highest BCUT2D eigenvalue weighted by atomic mass is 32.2. The Morgan fingerprint density at radius 3 is 2.53 bits per heavy atom. The van der Waals surface area contributed by atoms with E-state index < -0.39 is 19.9 Å². The van der Waals surface area contributed by atoms with Crippen LogP contribution < -0.4 is 8.63 Å². The highest BCUT2D eigenvalue weighted by Gasteiger charge is 2.54. The Labute approximate surface area is 209 Å². The van der Waals surface area contributed by atoms with Crippen LogP contribution in [0.3, 0.4) is 0 Å². The number of rotatable bonds is 7. The van der Waals surface area contributed by atoms with E-state index in [0.29, 0.717) is 34.0 Å². The third kappa shape index (κ3) is 3.68. The maximum Gasteiger partial charge on any atom is 0.336 e. The minimum Gasteiger partial charge on any atom is -0.497 e. The summed E-state index contributed by atoms with van der Waals surface area (Å²) in [6, 6.07) is 17.7. The monoisotopic (exact) mass is 504 g/mol. The molecule has 0 radical (unpaired) electrons. The number of nitrogens with zero attached hydrogens (tertiary/aromatic N) is 2. The molecule has 1 N–H and O–H groups in total. The summed E-state index contributed by atoms with van der Waals surface area (Å²) in [6.07, 6.45) is 3.40. The minimum absolute atomic E-state index is 0.0587. The highest BCUT2D eigenvalue weighted by molar-refractivity contribution is 7.91. The first-order chi connectivity index (χ1) is 17.3. The van der Waals surface area contributed by atoms with Gasteiger partial charge in [0.15, 0.2) is 11.4 Å². The zero-order valence-corrected chi connectivity index (χ0v) is 21.0. The number of fused-ring (bicyclic) bond motifs is 2. The lowest BCUT2D eigenvalue weighted by Gasteiger charge is -2.34. The van der Waals surface area contributed by atoms with Crippen LogP contribution in [-0.2, 0) is 19.6 Å². The molecule has 0 amide bonds. The maximum absolute atomic E-state index is 14.6. The Kier molecular flexibility index (Phi) is 5.89. The van der Waals surface area contributed by atoms with Gasteiger partial charge in [-0.3, -0.25) is 4.79 Å².